The third-order valence-corrected chi connectivity index (χ3v) is 5.67. The second-order valence-corrected chi connectivity index (χ2v) is 7.44. The molecule has 0 atom stereocenters. The first-order chi connectivity index (χ1) is 14.6. The molecule has 0 aliphatic carbocycles. The Morgan fingerprint density at radius 3 is 2.43 bits per heavy atom. The number of phenols is 1. The van der Waals surface area contributed by atoms with Crippen LogP contribution in [-0.2, 0) is 6.54 Å². The van der Waals surface area contributed by atoms with E-state index in [0.717, 1.165) is 13.1 Å². The van der Waals surface area contributed by atoms with Gasteiger partial charge in [0.1, 0.15) is 12.3 Å². The molecule has 0 unspecified atom stereocenters. The highest BCUT2D eigenvalue weighted by Gasteiger charge is 2.33. The number of aromatic hydroxyl groups is 1. The number of Topliss-reactive ketones (excluding diaryl/α,β-unsaturated/α-hetero) is 1. The van der Waals surface area contributed by atoms with Crippen molar-refractivity contribution in [3.8, 4) is 28.7 Å². The molecule has 30 heavy (non-hydrogen) atoms. The van der Waals surface area contributed by atoms with Crippen LogP contribution in [-0.4, -0.2) is 45.3 Å². The van der Waals surface area contributed by atoms with E-state index in [1.54, 1.807) is 37.5 Å². The van der Waals surface area contributed by atoms with E-state index < -0.39 is 0 Å². The monoisotopic (exact) mass is 412 g/mol. The Hall–Kier alpha value is -3.19. The number of carbonyl (C=O) groups is 1. The first-order valence-electron chi connectivity index (χ1n) is 9.99. The summed E-state index contributed by atoms with van der Waals surface area (Å²) in [5.41, 5.74) is 1.77. The fourth-order valence-corrected chi connectivity index (χ4v) is 4.15. The lowest BCUT2D eigenvalue weighted by atomic mass is 10.0. The van der Waals surface area contributed by atoms with Crippen LogP contribution in [0.15, 0.2) is 30.0 Å². The van der Waals surface area contributed by atoms with Gasteiger partial charge in [0.15, 0.2) is 23.0 Å². The minimum absolute atomic E-state index is 0.158. The van der Waals surface area contributed by atoms with Crippen molar-refractivity contribution >= 4 is 11.9 Å². The number of likely N-dealkylation sites (tertiary alicyclic amines) is 1. The molecule has 0 amide bonds. The number of allylic oxidation sites excluding steroid dienone is 1. The molecular formula is C23H26NO6+. The maximum Gasteiger partial charge on any atom is 0.231 e. The zero-order valence-corrected chi connectivity index (χ0v) is 17.4. The number of benzene rings is 2. The van der Waals surface area contributed by atoms with Gasteiger partial charge < -0.3 is 29.0 Å². The van der Waals surface area contributed by atoms with Crippen molar-refractivity contribution in [2.75, 3.05) is 34.4 Å². The summed E-state index contributed by atoms with van der Waals surface area (Å²) in [6, 6.07) is 6.71. The van der Waals surface area contributed by atoms with Crippen molar-refractivity contribution in [3.63, 3.8) is 0 Å². The van der Waals surface area contributed by atoms with Crippen LogP contribution in [0.25, 0.3) is 6.08 Å². The summed E-state index contributed by atoms with van der Waals surface area (Å²) < 4.78 is 22.2. The molecule has 7 heteroatoms. The Bertz CT molecular complexity index is 1010. The van der Waals surface area contributed by atoms with Crippen molar-refractivity contribution in [2.45, 2.75) is 19.4 Å². The molecule has 1 saturated heterocycles. The number of phenolic OH excluding ortho intramolecular Hbond substituents is 1. The predicted molar refractivity (Wildman–Crippen MR) is 111 cm³/mol. The molecule has 4 rings (SSSR count). The topological polar surface area (TPSA) is 78.7 Å². The van der Waals surface area contributed by atoms with Crippen LogP contribution in [0.5, 0.6) is 28.7 Å². The van der Waals surface area contributed by atoms with Gasteiger partial charge in [0, 0.05) is 18.4 Å². The first kappa shape index (κ1) is 20.1. The minimum atomic E-state index is -0.223. The van der Waals surface area contributed by atoms with Gasteiger partial charge in [-0.15, -0.1) is 0 Å². The zero-order valence-electron chi connectivity index (χ0n) is 17.4. The van der Waals surface area contributed by atoms with Crippen molar-refractivity contribution < 1.29 is 33.7 Å². The van der Waals surface area contributed by atoms with Crippen LogP contribution >= 0.6 is 0 Å². The molecule has 158 valence electrons. The molecule has 0 radical (unpaired) electrons. The molecule has 7 nitrogen and oxygen atoms in total. The number of quaternary nitrogens is 1. The van der Waals surface area contributed by atoms with Gasteiger partial charge in [-0.2, -0.15) is 0 Å². The van der Waals surface area contributed by atoms with Crippen LogP contribution in [0.4, 0.5) is 0 Å². The molecule has 0 aromatic heterocycles. The molecule has 2 aliphatic rings. The number of carbonyl (C=O) groups excluding carboxylic acids is 1. The quantitative estimate of drug-likeness (QED) is 0.709. The van der Waals surface area contributed by atoms with E-state index in [9.17, 15) is 9.90 Å². The first-order valence-corrected chi connectivity index (χ1v) is 9.99. The maximum absolute atomic E-state index is 13.0. The van der Waals surface area contributed by atoms with Crippen LogP contribution in [0.3, 0.4) is 0 Å². The summed E-state index contributed by atoms with van der Waals surface area (Å²) in [5.74, 6) is 1.98. The van der Waals surface area contributed by atoms with Crippen LogP contribution in [0.2, 0.25) is 0 Å². The van der Waals surface area contributed by atoms with Crippen LogP contribution < -0.4 is 23.8 Å². The Balaban J connectivity index is 1.72. The van der Waals surface area contributed by atoms with E-state index in [-0.39, 0.29) is 17.3 Å². The molecule has 2 aromatic rings. The number of ketones is 1. The second-order valence-electron chi connectivity index (χ2n) is 7.44. The molecule has 2 aliphatic heterocycles. The van der Waals surface area contributed by atoms with E-state index in [0.29, 0.717) is 46.2 Å². The molecule has 0 spiro atoms. The molecule has 2 N–H and O–H groups in total. The predicted octanol–water partition coefficient (Wildman–Crippen LogP) is 2.21. The summed E-state index contributed by atoms with van der Waals surface area (Å²) in [6.07, 6.45) is 3.98. The molecule has 0 saturated carbocycles. The number of fused-ring (bicyclic) bond motifs is 1. The van der Waals surface area contributed by atoms with Crippen molar-refractivity contribution in [3.05, 3.63) is 46.7 Å². The second kappa shape index (κ2) is 8.28. The SMILES string of the molecule is COc1ccc(/C=C2\Oc3c(ccc(O)c3C[NH+]3CCCC3)C2=O)c(OC)c1OC. The van der Waals surface area contributed by atoms with E-state index >= 15 is 0 Å². The van der Waals surface area contributed by atoms with Crippen molar-refractivity contribution in [2.24, 2.45) is 0 Å². The molecule has 2 aromatic carbocycles. The third kappa shape index (κ3) is 3.45. The lowest BCUT2D eigenvalue weighted by Gasteiger charge is -2.15. The number of hydrogen-bond donors (Lipinski definition) is 2. The number of nitrogens with one attached hydrogen (secondary N) is 1. The van der Waals surface area contributed by atoms with E-state index in [1.165, 1.54) is 32.0 Å². The minimum Gasteiger partial charge on any atom is -0.507 e. The number of hydrogen-bond acceptors (Lipinski definition) is 6. The fraction of sp³-hybridized carbons (Fsp3) is 0.348. The van der Waals surface area contributed by atoms with Gasteiger partial charge in [-0.05, 0) is 30.3 Å². The van der Waals surface area contributed by atoms with E-state index in [1.807, 2.05) is 0 Å². The smallest absolute Gasteiger partial charge is 0.231 e. The van der Waals surface area contributed by atoms with Gasteiger partial charge in [0.05, 0.1) is 45.5 Å². The Kier molecular flexibility index (Phi) is 5.55. The largest absolute Gasteiger partial charge is 0.507 e. The average Bonchev–Trinajstić information content (AvgIpc) is 3.38. The standard InChI is InChI=1S/C23H25NO6/c1-27-18-9-6-14(21(28-2)23(18)29-3)12-19-20(26)15-7-8-17(25)16(22(15)30-19)13-24-10-4-5-11-24/h6-9,12,25H,4-5,10-11,13H2,1-3H3/p+1/b19-12-. The third-order valence-electron chi connectivity index (χ3n) is 5.67. The van der Waals surface area contributed by atoms with E-state index in [2.05, 4.69) is 0 Å². The van der Waals surface area contributed by atoms with Crippen molar-refractivity contribution in [1.29, 1.82) is 0 Å². The normalized spacial score (nSPS) is 17.2. The number of methoxy groups -OCH3 is 3. The zero-order chi connectivity index (χ0) is 21.3. The van der Waals surface area contributed by atoms with Gasteiger partial charge in [0.25, 0.3) is 0 Å². The Morgan fingerprint density at radius 1 is 1.03 bits per heavy atom. The number of ether oxygens (including phenoxy) is 4. The van der Waals surface area contributed by atoms with Gasteiger partial charge in [0.2, 0.25) is 11.5 Å². The van der Waals surface area contributed by atoms with Gasteiger partial charge >= 0.3 is 0 Å². The summed E-state index contributed by atoms with van der Waals surface area (Å²) in [4.78, 5) is 14.4. The Labute approximate surface area is 175 Å². The highest BCUT2D eigenvalue weighted by Crippen LogP contribution is 2.43. The average molecular weight is 412 g/mol. The van der Waals surface area contributed by atoms with Crippen LogP contribution in [0.1, 0.15) is 34.3 Å². The summed E-state index contributed by atoms with van der Waals surface area (Å²) in [6.45, 7) is 2.75. The summed E-state index contributed by atoms with van der Waals surface area (Å²) >= 11 is 0. The Morgan fingerprint density at radius 2 is 1.77 bits per heavy atom. The van der Waals surface area contributed by atoms with Gasteiger partial charge in [-0.1, -0.05) is 0 Å². The highest BCUT2D eigenvalue weighted by molar-refractivity contribution is 6.15. The van der Waals surface area contributed by atoms with Gasteiger partial charge in [-0.25, -0.2) is 0 Å². The van der Waals surface area contributed by atoms with Crippen molar-refractivity contribution in [1.82, 2.24) is 0 Å². The molecule has 1 fully saturated rings. The maximum atomic E-state index is 13.0. The lowest BCUT2D eigenvalue weighted by Crippen LogP contribution is -3.08. The fourth-order valence-electron chi connectivity index (χ4n) is 4.15. The molecular weight excluding hydrogens is 386 g/mol. The van der Waals surface area contributed by atoms with E-state index in [4.69, 9.17) is 18.9 Å². The van der Waals surface area contributed by atoms with Crippen LogP contribution in [0, 0.1) is 0 Å². The number of rotatable bonds is 6. The summed E-state index contributed by atoms with van der Waals surface area (Å²) in [7, 11) is 4.60. The molecule has 0 bridgehead atoms. The lowest BCUT2D eigenvalue weighted by molar-refractivity contribution is -0.901. The highest BCUT2D eigenvalue weighted by atomic mass is 16.5. The van der Waals surface area contributed by atoms with Gasteiger partial charge in [-0.3, -0.25) is 4.79 Å². The summed E-state index contributed by atoms with van der Waals surface area (Å²) in [5, 5.41) is 10.4. The molecule has 2 heterocycles.